The molecule has 0 unspecified atom stereocenters. The van der Waals surface area contributed by atoms with Crippen molar-refractivity contribution in [2.75, 3.05) is 7.11 Å². The number of amides is 2. The first-order chi connectivity index (χ1) is 15.3. The number of halogens is 1. The van der Waals surface area contributed by atoms with Gasteiger partial charge in [-0.15, -0.1) is 0 Å². The molecule has 1 heterocycles. The Morgan fingerprint density at radius 1 is 1.06 bits per heavy atom. The lowest BCUT2D eigenvalue weighted by Gasteiger charge is -2.42. The molecule has 0 aromatic heterocycles. The van der Waals surface area contributed by atoms with E-state index in [0.29, 0.717) is 5.56 Å². The van der Waals surface area contributed by atoms with E-state index < -0.39 is 38.2 Å². The fraction of sp³-hybridized carbons (Fsp3) is 0.375. The Labute approximate surface area is 199 Å². The molecule has 0 radical (unpaired) electrons. The molecule has 0 aliphatic carbocycles. The lowest BCUT2D eigenvalue weighted by atomic mass is 10.0. The molecule has 7 nitrogen and oxygen atoms in total. The molecule has 2 amide bonds. The van der Waals surface area contributed by atoms with Crippen LogP contribution in [0.15, 0.2) is 42.5 Å². The fourth-order valence-corrected chi connectivity index (χ4v) is 4.90. The van der Waals surface area contributed by atoms with Crippen LogP contribution < -0.4 is 0 Å². The molecule has 0 bridgehead atoms. The molecule has 1 aliphatic rings. The number of methoxy groups -OCH3 is 1. The summed E-state index contributed by atoms with van der Waals surface area (Å²) < 4.78 is 11.7. The van der Waals surface area contributed by atoms with Crippen molar-refractivity contribution < 1.29 is 28.7 Å². The minimum Gasteiger partial charge on any atom is -0.506 e. The molecule has 0 fully saturated rings. The van der Waals surface area contributed by atoms with E-state index >= 15 is 0 Å². The monoisotopic (exact) mass is 489 g/mol. The molecular formula is C24H28ClNO6Si. The summed E-state index contributed by atoms with van der Waals surface area (Å²) in [4.78, 5) is 40.6. The third-order valence-corrected chi connectivity index (χ3v) is 11.1. The van der Waals surface area contributed by atoms with Gasteiger partial charge in [-0.3, -0.25) is 14.5 Å². The van der Waals surface area contributed by atoms with Gasteiger partial charge < -0.3 is 14.3 Å². The van der Waals surface area contributed by atoms with Crippen LogP contribution in [0.1, 0.15) is 53.2 Å². The Bertz CT molecular complexity index is 1080. The molecule has 176 valence electrons. The van der Waals surface area contributed by atoms with Gasteiger partial charge in [0.1, 0.15) is 11.9 Å². The third kappa shape index (κ3) is 4.55. The highest BCUT2D eigenvalue weighted by atomic mass is 35.5. The molecule has 2 aromatic rings. The number of phenolic OH excluding ortho intramolecular Hbond substituents is 1. The maximum Gasteiger partial charge on any atom is 0.332 e. The normalized spacial score (nSPS) is 15.9. The second kappa shape index (κ2) is 8.93. The summed E-state index contributed by atoms with van der Waals surface area (Å²) in [5.74, 6) is -2.13. The third-order valence-electron chi connectivity index (χ3n) is 6.36. The van der Waals surface area contributed by atoms with Gasteiger partial charge in [0, 0.05) is 0 Å². The van der Waals surface area contributed by atoms with Gasteiger partial charge in [0.2, 0.25) is 0 Å². The van der Waals surface area contributed by atoms with E-state index in [1.807, 2.05) is 33.9 Å². The number of carbonyl (C=O) groups is 3. The lowest BCUT2D eigenvalue weighted by molar-refractivity contribution is -0.149. The highest BCUT2D eigenvalue weighted by Gasteiger charge is 2.50. The van der Waals surface area contributed by atoms with Crippen LogP contribution in [0.5, 0.6) is 5.75 Å². The SMILES string of the molecule is COC(=O)[C@H]([C@H](O[Si](C)(C)C(C)(C)C)c1ccc(O)c(Cl)c1)N1C(=O)c2ccccc2C1=O. The first-order valence-electron chi connectivity index (χ1n) is 10.5. The molecule has 9 heteroatoms. The van der Waals surface area contributed by atoms with E-state index in [2.05, 4.69) is 0 Å². The molecule has 2 aromatic carbocycles. The van der Waals surface area contributed by atoms with Crippen molar-refractivity contribution >= 4 is 37.7 Å². The Balaban J connectivity index is 2.19. The Morgan fingerprint density at radius 3 is 2.06 bits per heavy atom. The number of aromatic hydroxyl groups is 1. The smallest absolute Gasteiger partial charge is 0.332 e. The number of hydrogen-bond donors (Lipinski definition) is 1. The molecule has 33 heavy (non-hydrogen) atoms. The topological polar surface area (TPSA) is 93.1 Å². The predicted octanol–water partition coefficient (Wildman–Crippen LogP) is 4.95. The average Bonchev–Trinajstić information content (AvgIpc) is 2.99. The lowest BCUT2D eigenvalue weighted by Crippen LogP contribution is -2.53. The largest absolute Gasteiger partial charge is 0.506 e. The summed E-state index contributed by atoms with van der Waals surface area (Å²) in [7, 11) is -1.35. The van der Waals surface area contributed by atoms with Gasteiger partial charge in [0.05, 0.1) is 23.3 Å². The molecule has 3 rings (SSSR count). The van der Waals surface area contributed by atoms with Gasteiger partial charge in [-0.2, -0.15) is 0 Å². The van der Waals surface area contributed by atoms with Crippen LogP contribution in [-0.4, -0.2) is 49.3 Å². The first-order valence-corrected chi connectivity index (χ1v) is 13.8. The quantitative estimate of drug-likeness (QED) is 0.350. The van der Waals surface area contributed by atoms with Crippen LogP contribution in [0, 0.1) is 0 Å². The van der Waals surface area contributed by atoms with Crippen molar-refractivity contribution in [1.82, 2.24) is 4.90 Å². The maximum absolute atomic E-state index is 13.3. The number of ether oxygens (including phenoxy) is 1. The molecule has 0 spiro atoms. The van der Waals surface area contributed by atoms with Gasteiger partial charge in [-0.05, 0) is 48.0 Å². The van der Waals surface area contributed by atoms with Crippen LogP contribution in [0.3, 0.4) is 0 Å². The number of fused-ring (bicyclic) bond motifs is 1. The van der Waals surface area contributed by atoms with Gasteiger partial charge in [-0.1, -0.05) is 50.6 Å². The molecular weight excluding hydrogens is 462 g/mol. The van der Waals surface area contributed by atoms with E-state index in [1.165, 1.54) is 19.2 Å². The predicted molar refractivity (Wildman–Crippen MR) is 127 cm³/mol. The van der Waals surface area contributed by atoms with E-state index in [9.17, 15) is 19.5 Å². The fourth-order valence-electron chi connectivity index (χ4n) is 3.45. The number of benzene rings is 2. The van der Waals surface area contributed by atoms with Crippen molar-refractivity contribution in [1.29, 1.82) is 0 Å². The van der Waals surface area contributed by atoms with Gasteiger partial charge in [0.15, 0.2) is 14.4 Å². The van der Waals surface area contributed by atoms with Gasteiger partial charge in [0.25, 0.3) is 11.8 Å². The van der Waals surface area contributed by atoms with Crippen molar-refractivity contribution in [3.05, 3.63) is 64.2 Å². The second-order valence-corrected chi connectivity index (χ2v) is 14.7. The standard InChI is InChI=1S/C24H28ClNO6Si/c1-24(2,3)33(5,6)32-20(14-11-12-18(27)17(25)13-14)19(23(30)31-4)26-21(28)15-9-7-8-10-16(15)22(26)29/h7-13,19-20,27H,1-6H3/t19-,20+/m0/s1. The zero-order chi connectivity index (χ0) is 24.7. The molecule has 0 saturated heterocycles. The summed E-state index contributed by atoms with van der Waals surface area (Å²) >= 11 is 6.17. The van der Waals surface area contributed by atoms with Crippen molar-refractivity contribution in [2.24, 2.45) is 0 Å². The maximum atomic E-state index is 13.3. The zero-order valence-corrected chi connectivity index (χ0v) is 21.3. The number of carbonyl (C=O) groups excluding carboxylic acids is 3. The van der Waals surface area contributed by atoms with Crippen LogP contribution in [0.2, 0.25) is 23.2 Å². The van der Waals surface area contributed by atoms with Crippen LogP contribution in [0.25, 0.3) is 0 Å². The van der Waals surface area contributed by atoms with E-state index in [0.717, 1.165) is 4.90 Å². The zero-order valence-electron chi connectivity index (χ0n) is 19.5. The number of phenols is 1. The number of nitrogens with zero attached hydrogens (tertiary/aromatic N) is 1. The average molecular weight is 490 g/mol. The van der Waals surface area contributed by atoms with E-state index in [-0.39, 0.29) is 26.9 Å². The second-order valence-electron chi connectivity index (χ2n) is 9.50. The van der Waals surface area contributed by atoms with E-state index in [1.54, 1.807) is 30.3 Å². The molecule has 2 atom stereocenters. The van der Waals surface area contributed by atoms with Crippen molar-refractivity contribution in [3.63, 3.8) is 0 Å². The summed E-state index contributed by atoms with van der Waals surface area (Å²) in [5, 5.41) is 9.74. The van der Waals surface area contributed by atoms with Crippen molar-refractivity contribution in [3.8, 4) is 5.75 Å². The first kappa shape index (κ1) is 24.9. The summed E-state index contributed by atoms with van der Waals surface area (Å²) in [5.41, 5.74) is 0.868. The van der Waals surface area contributed by atoms with Crippen LogP contribution >= 0.6 is 11.6 Å². The minimum atomic E-state index is -2.54. The summed E-state index contributed by atoms with van der Waals surface area (Å²) in [6.45, 7) is 10.1. The molecule has 0 saturated carbocycles. The Morgan fingerprint density at radius 2 is 1.61 bits per heavy atom. The number of esters is 1. The summed E-state index contributed by atoms with van der Waals surface area (Å²) in [6.07, 6.45) is -1.06. The number of imide groups is 1. The van der Waals surface area contributed by atoms with Crippen molar-refractivity contribution in [2.45, 2.75) is 51.0 Å². The van der Waals surface area contributed by atoms with Crippen LogP contribution in [-0.2, 0) is 14.0 Å². The molecule has 1 aliphatic heterocycles. The highest BCUT2D eigenvalue weighted by Crippen LogP contribution is 2.43. The Kier molecular flexibility index (Phi) is 6.75. The number of hydrogen-bond acceptors (Lipinski definition) is 6. The van der Waals surface area contributed by atoms with Crippen LogP contribution in [0.4, 0.5) is 0 Å². The Hall–Kier alpha value is -2.68. The number of rotatable bonds is 6. The van der Waals surface area contributed by atoms with Gasteiger partial charge >= 0.3 is 5.97 Å². The van der Waals surface area contributed by atoms with Gasteiger partial charge in [-0.25, -0.2) is 4.79 Å². The highest BCUT2D eigenvalue weighted by molar-refractivity contribution is 6.74. The molecule has 1 N–H and O–H groups in total. The summed E-state index contributed by atoms with van der Waals surface area (Å²) in [6, 6.07) is 9.44. The minimum absolute atomic E-state index is 0.0577. The van der Waals surface area contributed by atoms with E-state index in [4.69, 9.17) is 20.8 Å².